The molecule has 2 atom stereocenters. The third-order valence-electron chi connectivity index (χ3n) is 9.41. The molecule has 10 heteroatoms. The van der Waals surface area contributed by atoms with Gasteiger partial charge in [-0.3, -0.25) is 14.5 Å². The van der Waals surface area contributed by atoms with Crippen LogP contribution in [0.5, 0.6) is 17.2 Å². The van der Waals surface area contributed by atoms with E-state index in [0.29, 0.717) is 34.5 Å². The minimum atomic E-state index is -1.38. The molecule has 4 aliphatic rings. The van der Waals surface area contributed by atoms with E-state index in [2.05, 4.69) is 0 Å². The third kappa shape index (κ3) is 3.82. The van der Waals surface area contributed by atoms with Gasteiger partial charge in [0.2, 0.25) is 6.79 Å². The number of nitrogens with zero attached hydrogens (tertiary/aromatic N) is 2. The summed E-state index contributed by atoms with van der Waals surface area (Å²) in [5.41, 5.74) is 6.11. The maximum atomic E-state index is 14.3. The summed E-state index contributed by atoms with van der Waals surface area (Å²) in [5, 5.41) is 0. The van der Waals surface area contributed by atoms with Crippen molar-refractivity contribution in [1.29, 1.82) is 0 Å². The van der Waals surface area contributed by atoms with E-state index in [-0.39, 0.29) is 42.6 Å². The molecule has 0 bridgehead atoms. The SMILES string of the molecule is COc1c(C)c2c(c3c1C[C@@H](C=O)N(C(=O)OCC1c4ccccc4-c4ccccc41)[C@H]3N1C(=O)c3ccccc3C1=O)OCO2. The lowest BCUT2D eigenvalue weighted by Crippen LogP contribution is -2.55. The van der Waals surface area contributed by atoms with E-state index in [4.69, 9.17) is 18.9 Å². The van der Waals surface area contributed by atoms with Crippen molar-refractivity contribution in [3.8, 4) is 28.4 Å². The molecule has 0 radical (unpaired) electrons. The summed E-state index contributed by atoms with van der Waals surface area (Å²) in [7, 11) is 1.50. The molecule has 0 aromatic heterocycles. The number of benzene rings is 4. The summed E-state index contributed by atoms with van der Waals surface area (Å²) in [5.74, 6) is -0.354. The van der Waals surface area contributed by atoms with Crippen molar-refractivity contribution in [3.05, 3.63) is 112 Å². The predicted molar refractivity (Wildman–Crippen MR) is 164 cm³/mol. The normalized spacial score (nSPS) is 19.0. The number of ether oxygens (including phenoxy) is 4. The fourth-order valence-corrected chi connectivity index (χ4v) is 7.43. The highest BCUT2D eigenvalue weighted by atomic mass is 16.7. The van der Waals surface area contributed by atoms with E-state index in [0.717, 1.165) is 27.2 Å². The van der Waals surface area contributed by atoms with E-state index < -0.39 is 30.1 Å². The molecule has 4 aromatic rings. The molecule has 4 aromatic carbocycles. The van der Waals surface area contributed by atoms with E-state index in [1.165, 1.54) is 12.0 Å². The first kappa shape index (κ1) is 27.9. The molecule has 3 heterocycles. The summed E-state index contributed by atoms with van der Waals surface area (Å²) < 4.78 is 23.6. The van der Waals surface area contributed by atoms with Crippen molar-refractivity contribution < 1.29 is 38.1 Å². The van der Waals surface area contributed by atoms with Crippen LogP contribution < -0.4 is 14.2 Å². The van der Waals surface area contributed by atoms with Gasteiger partial charge in [0.1, 0.15) is 24.8 Å². The highest BCUT2D eigenvalue weighted by molar-refractivity contribution is 6.21. The first-order valence-electron chi connectivity index (χ1n) is 15.0. The van der Waals surface area contributed by atoms with Crippen LogP contribution in [0.15, 0.2) is 72.8 Å². The molecule has 0 unspecified atom stereocenters. The Bertz CT molecular complexity index is 1910. The van der Waals surface area contributed by atoms with E-state index in [9.17, 15) is 19.2 Å². The highest BCUT2D eigenvalue weighted by Gasteiger charge is 2.52. The van der Waals surface area contributed by atoms with Crippen molar-refractivity contribution in [3.63, 3.8) is 0 Å². The molecular formula is C36H28N2O8. The van der Waals surface area contributed by atoms with Crippen LogP contribution in [0.25, 0.3) is 11.1 Å². The Kier molecular flexibility index (Phi) is 6.35. The van der Waals surface area contributed by atoms with Crippen LogP contribution in [0, 0.1) is 6.92 Å². The summed E-state index contributed by atoms with van der Waals surface area (Å²) in [6.45, 7) is 1.68. The van der Waals surface area contributed by atoms with Crippen LogP contribution in [0.4, 0.5) is 4.79 Å². The smallest absolute Gasteiger partial charge is 0.412 e. The highest BCUT2D eigenvalue weighted by Crippen LogP contribution is 2.54. The largest absolute Gasteiger partial charge is 0.496 e. The lowest BCUT2D eigenvalue weighted by Gasteiger charge is -2.44. The van der Waals surface area contributed by atoms with Gasteiger partial charge in [-0.05, 0) is 41.3 Å². The van der Waals surface area contributed by atoms with Gasteiger partial charge in [0.25, 0.3) is 11.8 Å². The Hall–Kier alpha value is -5.64. The minimum Gasteiger partial charge on any atom is -0.496 e. The minimum absolute atomic E-state index is 0.0223. The zero-order chi connectivity index (χ0) is 31.7. The molecule has 46 heavy (non-hydrogen) atoms. The average Bonchev–Trinajstić information content (AvgIpc) is 3.77. The van der Waals surface area contributed by atoms with Gasteiger partial charge in [-0.25, -0.2) is 9.69 Å². The van der Waals surface area contributed by atoms with Crippen LogP contribution in [-0.2, 0) is 16.0 Å². The summed E-state index contributed by atoms with van der Waals surface area (Å²) in [6, 6.07) is 21.3. The van der Waals surface area contributed by atoms with E-state index in [1.807, 2.05) is 48.5 Å². The molecule has 1 aliphatic carbocycles. The zero-order valence-corrected chi connectivity index (χ0v) is 25.0. The number of methoxy groups -OCH3 is 1. The summed E-state index contributed by atoms with van der Waals surface area (Å²) in [6.07, 6.45) is -1.55. The average molecular weight is 617 g/mol. The Labute approximate surface area is 264 Å². The third-order valence-corrected chi connectivity index (χ3v) is 9.41. The quantitative estimate of drug-likeness (QED) is 0.217. The molecule has 8 rings (SSSR count). The fourth-order valence-electron chi connectivity index (χ4n) is 7.43. The predicted octanol–water partition coefficient (Wildman–Crippen LogP) is 5.40. The van der Waals surface area contributed by atoms with Crippen molar-refractivity contribution in [2.75, 3.05) is 20.5 Å². The first-order valence-corrected chi connectivity index (χ1v) is 15.0. The van der Waals surface area contributed by atoms with Crippen molar-refractivity contribution in [1.82, 2.24) is 9.80 Å². The van der Waals surface area contributed by atoms with Crippen molar-refractivity contribution in [2.45, 2.75) is 31.5 Å². The number of amides is 3. The van der Waals surface area contributed by atoms with Gasteiger partial charge in [0, 0.05) is 29.0 Å². The number of aldehydes is 1. The molecule has 10 nitrogen and oxygen atoms in total. The van der Waals surface area contributed by atoms with Gasteiger partial charge in [-0.2, -0.15) is 0 Å². The standard InChI is InChI=1S/C36H28N2O8/c1-19-30(43-2)27-15-20(16-39)37(36(42)44-17-28-23-11-5-3-9-21(23)22-10-4-6-12-24(22)28)33(29(27)32-31(19)45-18-46-32)38-34(40)25-13-7-8-14-26(25)35(38)41/h3-14,16,20,28,33H,15,17-18H2,1-2H3/t20-,33-/m0/s1. The Morgan fingerprint density at radius 3 is 2.02 bits per heavy atom. The Morgan fingerprint density at radius 2 is 1.43 bits per heavy atom. The first-order chi connectivity index (χ1) is 22.4. The molecule has 0 saturated heterocycles. The van der Waals surface area contributed by atoms with Gasteiger partial charge in [-0.15, -0.1) is 0 Å². The number of hydrogen-bond acceptors (Lipinski definition) is 8. The van der Waals surface area contributed by atoms with Gasteiger partial charge in [0.05, 0.1) is 24.3 Å². The van der Waals surface area contributed by atoms with Crippen LogP contribution in [0.1, 0.15) is 60.6 Å². The number of hydrogen-bond donors (Lipinski definition) is 0. The second-order valence-electron chi connectivity index (χ2n) is 11.6. The number of rotatable bonds is 5. The molecule has 3 aliphatic heterocycles. The Balaban J connectivity index is 1.24. The van der Waals surface area contributed by atoms with Gasteiger partial charge >= 0.3 is 6.09 Å². The topological polar surface area (TPSA) is 112 Å². The second-order valence-corrected chi connectivity index (χ2v) is 11.6. The van der Waals surface area contributed by atoms with Gasteiger partial charge in [-0.1, -0.05) is 60.7 Å². The van der Waals surface area contributed by atoms with E-state index >= 15 is 0 Å². The fraction of sp³-hybridized carbons (Fsp3) is 0.222. The van der Waals surface area contributed by atoms with Gasteiger partial charge < -0.3 is 23.7 Å². The monoisotopic (exact) mass is 616 g/mol. The lowest BCUT2D eigenvalue weighted by molar-refractivity contribution is -0.114. The molecule has 0 spiro atoms. The number of carbonyl (C=O) groups is 4. The maximum absolute atomic E-state index is 14.3. The second kappa shape index (κ2) is 10.5. The summed E-state index contributed by atoms with van der Waals surface area (Å²) in [4.78, 5) is 57.3. The van der Waals surface area contributed by atoms with Crippen molar-refractivity contribution >= 4 is 24.2 Å². The molecule has 0 N–H and O–H groups in total. The van der Waals surface area contributed by atoms with Crippen LogP contribution in [-0.4, -0.2) is 60.5 Å². The van der Waals surface area contributed by atoms with Gasteiger partial charge in [0.15, 0.2) is 11.5 Å². The molecule has 0 fully saturated rings. The summed E-state index contributed by atoms with van der Waals surface area (Å²) >= 11 is 0. The molecule has 0 saturated carbocycles. The number of carbonyl (C=O) groups excluding carboxylic acids is 4. The number of imide groups is 1. The van der Waals surface area contributed by atoms with Crippen molar-refractivity contribution in [2.24, 2.45) is 0 Å². The molecular weight excluding hydrogens is 588 g/mol. The van der Waals surface area contributed by atoms with Crippen LogP contribution in [0.2, 0.25) is 0 Å². The van der Waals surface area contributed by atoms with Crippen LogP contribution in [0.3, 0.4) is 0 Å². The maximum Gasteiger partial charge on any atom is 0.412 e. The molecule has 230 valence electrons. The molecule has 3 amide bonds. The number of fused-ring (bicyclic) bond motifs is 7. The van der Waals surface area contributed by atoms with E-state index in [1.54, 1.807) is 31.2 Å². The lowest BCUT2D eigenvalue weighted by atomic mass is 9.87. The Morgan fingerprint density at radius 1 is 0.870 bits per heavy atom. The zero-order valence-electron chi connectivity index (χ0n) is 25.0. The van der Waals surface area contributed by atoms with Crippen LogP contribution >= 0.6 is 0 Å².